The second-order valence-corrected chi connectivity index (χ2v) is 10.5. The maximum atomic E-state index is 13.8. The number of benzene rings is 1. The van der Waals surface area contributed by atoms with E-state index in [4.69, 9.17) is 5.73 Å². The van der Waals surface area contributed by atoms with Gasteiger partial charge in [-0.05, 0) is 69.3 Å². The standard InChI is InChI=1S/C26H28N2O7/c1-28(2)20-15-10-13-9-14-12(8-11-4-3-5-11)6-7-16(29)18(14)21(30)17(13)23(32)26(15,35)24(33)19(22(20)31)25(27)34/h6-8,13,15,17,19-20,29,35H,3-5,9-10H2,1-2H3,(H2,27,34)/t13-,15-,17?,19?,20-,26-/m1/s1. The molecule has 9 nitrogen and oxygen atoms in total. The Kier molecular flexibility index (Phi) is 5.34. The highest BCUT2D eigenvalue weighted by Gasteiger charge is 2.69. The van der Waals surface area contributed by atoms with Gasteiger partial charge in [0.1, 0.15) is 5.75 Å². The fourth-order valence-electron chi connectivity index (χ4n) is 6.51. The lowest BCUT2D eigenvalue weighted by Gasteiger charge is -2.52. The first-order valence-electron chi connectivity index (χ1n) is 11.9. The highest BCUT2D eigenvalue weighted by atomic mass is 16.3. The molecule has 0 bridgehead atoms. The third kappa shape index (κ3) is 3.18. The van der Waals surface area contributed by atoms with Crippen LogP contribution < -0.4 is 5.73 Å². The first-order valence-corrected chi connectivity index (χ1v) is 11.9. The maximum Gasteiger partial charge on any atom is 0.235 e. The second kappa shape index (κ2) is 7.93. The smallest absolute Gasteiger partial charge is 0.235 e. The van der Waals surface area contributed by atoms with Crippen molar-refractivity contribution in [1.82, 2.24) is 4.90 Å². The van der Waals surface area contributed by atoms with Crippen molar-refractivity contribution in [2.45, 2.75) is 43.7 Å². The van der Waals surface area contributed by atoms with E-state index in [1.165, 1.54) is 16.5 Å². The minimum Gasteiger partial charge on any atom is -0.507 e. The Hall–Kier alpha value is -3.17. The summed E-state index contributed by atoms with van der Waals surface area (Å²) in [5.41, 5.74) is 5.35. The zero-order chi connectivity index (χ0) is 25.4. The average molecular weight is 481 g/mol. The minimum atomic E-state index is -2.70. The summed E-state index contributed by atoms with van der Waals surface area (Å²) >= 11 is 0. The Morgan fingerprint density at radius 1 is 1.14 bits per heavy atom. The molecule has 1 aromatic carbocycles. The number of hydrogen-bond acceptors (Lipinski definition) is 8. The number of allylic oxidation sites excluding steroid dienone is 1. The van der Waals surface area contributed by atoms with Gasteiger partial charge in [0.05, 0.1) is 17.5 Å². The number of phenols is 1. The van der Waals surface area contributed by atoms with E-state index >= 15 is 0 Å². The zero-order valence-electron chi connectivity index (χ0n) is 19.6. The molecule has 0 radical (unpaired) electrons. The van der Waals surface area contributed by atoms with Crippen LogP contribution in [0.2, 0.25) is 0 Å². The molecular weight excluding hydrogens is 452 g/mol. The van der Waals surface area contributed by atoms with Crippen LogP contribution in [0.3, 0.4) is 0 Å². The van der Waals surface area contributed by atoms with Crippen LogP contribution in [0.1, 0.15) is 47.2 Å². The zero-order valence-corrected chi connectivity index (χ0v) is 19.6. The van der Waals surface area contributed by atoms with Gasteiger partial charge in [0.15, 0.2) is 34.7 Å². The molecule has 4 aliphatic carbocycles. The van der Waals surface area contributed by atoms with E-state index in [2.05, 4.69) is 0 Å². The van der Waals surface area contributed by atoms with Crippen molar-refractivity contribution in [3.63, 3.8) is 0 Å². The van der Waals surface area contributed by atoms with E-state index in [1.807, 2.05) is 6.08 Å². The average Bonchev–Trinajstić information content (AvgIpc) is 2.74. The Bertz CT molecular complexity index is 1230. The molecular formula is C26H28N2O7. The molecule has 0 heterocycles. The molecule has 6 atom stereocenters. The van der Waals surface area contributed by atoms with Gasteiger partial charge in [-0.1, -0.05) is 17.7 Å². The molecule has 35 heavy (non-hydrogen) atoms. The molecule has 1 aromatic rings. The predicted octanol–water partition coefficient (Wildman–Crippen LogP) is 0.434. The van der Waals surface area contributed by atoms with Gasteiger partial charge in [-0.25, -0.2) is 0 Å². The van der Waals surface area contributed by atoms with E-state index in [9.17, 15) is 34.2 Å². The quantitative estimate of drug-likeness (QED) is 0.526. The number of phenolic OH excluding ortho intramolecular Hbond substituents is 1. The summed E-state index contributed by atoms with van der Waals surface area (Å²) in [5.74, 6) is -10.2. The number of hydrogen-bond donors (Lipinski definition) is 3. The van der Waals surface area contributed by atoms with Crippen LogP contribution in [0.4, 0.5) is 0 Å². The third-order valence-corrected chi connectivity index (χ3v) is 8.34. The lowest BCUT2D eigenvalue weighted by Crippen LogP contribution is -2.74. The number of carbonyl (C=O) groups is 5. The van der Waals surface area contributed by atoms with Gasteiger partial charge in [-0.2, -0.15) is 0 Å². The van der Waals surface area contributed by atoms with Gasteiger partial charge in [-0.3, -0.25) is 28.9 Å². The summed E-state index contributed by atoms with van der Waals surface area (Å²) in [4.78, 5) is 67.2. The summed E-state index contributed by atoms with van der Waals surface area (Å²) in [6, 6.07) is 2.07. The molecule has 3 fully saturated rings. The van der Waals surface area contributed by atoms with Crippen LogP contribution in [-0.2, 0) is 25.6 Å². The number of rotatable bonds is 3. The van der Waals surface area contributed by atoms with E-state index in [1.54, 1.807) is 20.2 Å². The normalized spacial score (nSPS) is 34.2. The van der Waals surface area contributed by atoms with Crippen molar-refractivity contribution in [1.29, 1.82) is 0 Å². The SMILES string of the molecule is CN(C)[C@H]1C(=O)C(C(N)=O)C(=O)[C@]2(O)C(=O)C3C(=O)c4c(O)ccc(C=C5CCC5)c4C[C@@H]3C[C@H]12. The van der Waals surface area contributed by atoms with Gasteiger partial charge < -0.3 is 15.9 Å². The molecule has 5 rings (SSSR count). The lowest BCUT2D eigenvalue weighted by atomic mass is 9.52. The van der Waals surface area contributed by atoms with Crippen molar-refractivity contribution in [2.24, 2.45) is 29.4 Å². The number of aliphatic hydroxyl groups is 1. The van der Waals surface area contributed by atoms with Crippen molar-refractivity contribution >= 4 is 35.1 Å². The highest BCUT2D eigenvalue weighted by molar-refractivity contribution is 6.32. The van der Waals surface area contributed by atoms with Crippen molar-refractivity contribution in [3.8, 4) is 5.75 Å². The molecule has 3 saturated carbocycles. The molecule has 0 aromatic heterocycles. The predicted molar refractivity (Wildman–Crippen MR) is 123 cm³/mol. The Labute approximate surface area is 202 Å². The number of fused-ring (bicyclic) bond motifs is 3. The highest BCUT2D eigenvalue weighted by Crippen LogP contribution is 2.51. The Morgan fingerprint density at radius 3 is 2.40 bits per heavy atom. The lowest BCUT2D eigenvalue weighted by molar-refractivity contribution is -0.181. The molecule has 9 heteroatoms. The van der Waals surface area contributed by atoms with E-state index in [0.717, 1.165) is 24.8 Å². The van der Waals surface area contributed by atoms with Crippen molar-refractivity contribution in [2.75, 3.05) is 14.1 Å². The van der Waals surface area contributed by atoms with Gasteiger partial charge in [0, 0.05) is 5.92 Å². The molecule has 0 spiro atoms. The van der Waals surface area contributed by atoms with Crippen LogP contribution in [0.25, 0.3) is 6.08 Å². The van der Waals surface area contributed by atoms with Crippen molar-refractivity contribution in [3.05, 3.63) is 34.4 Å². The summed E-state index contributed by atoms with van der Waals surface area (Å²) in [5, 5.41) is 22.1. The number of Topliss-reactive ketones (excluding diaryl/α,β-unsaturated/α-hetero) is 4. The van der Waals surface area contributed by atoms with E-state index < -0.39 is 64.4 Å². The molecule has 184 valence electrons. The monoisotopic (exact) mass is 480 g/mol. The molecule has 4 aliphatic rings. The van der Waals surface area contributed by atoms with Crippen LogP contribution in [-0.4, -0.2) is 69.9 Å². The third-order valence-electron chi connectivity index (χ3n) is 8.34. The Morgan fingerprint density at radius 2 is 1.83 bits per heavy atom. The molecule has 0 saturated heterocycles. The van der Waals surface area contributed by atoms with E-state index in [0.29, 0.717) is 5.56 Å². The fraction of sp³-hybridized carbons (Fsp3) is 0.500. The first kappa shape index (κ1) is 23.6. The van der Waals surface area contributed by atoms with E-state index in [-0.39, 0.29) is 24.2 Å². The second-order valence-electron chi connectivity index (χ2n) is 10.5. The molecule has 1 amide bonds. The number of nitrogens with zero attached hydrogens (tertiary/aromatic N) is 1. The number of primary amides is 1. The molecule has 0 aliphatic heterocycles. The first-order chi connectivity index (χ1) is 16.5. The van der Waals surface area contributed by atoms with Crippen molar-refractivity contribution < 1.29 is 34.2 Å². The topological polar surface area (TPSA) is 155 Å². The molecule has 2 unspecified atom stereocenters. The number of likely N-dealkylation sites (N-methyl/N-ethyl adjacent to an activating group) is 1. The summed E-state index contributed by atoms with van der Waals surface area (Å²) in [6.45, 7) is 0. The summed E-state index contributed by atoms with van der Waals surface area (Å²) in [6.07, 6.45) is 5.39. The van der Waals surface area contributed by atoms with Gasteiger partial charge in [-0.15, -0.1) is 0 Å². The number of amides is 1. The van der Waals surface area contributed by atoms with Crippen LogP contribution in [0.15, 0.2) is 17.7 Å². The van der Waals surface area contributed by atoms with Gasteiger partial charge >= 0.3 is 0 Å². The van der Waals surface area contributed by atoms with Gasteiger partial charge in [0.2, 0.25) is 5.91 Å². The largest absolute Gasteiger partial charge is 0.507 e. The number of nitrogens with two attached hydrogens (primary N) is 1. The number of carbonyl (C=O) groups excluding carboxylic acids is 5. The minimum absolute atomic E-state index is 0.0327. The maximum absolute atomic E-state index is 13.8. The number of aromatic hydroxyl groups is 1. The van der Waals surface area contributed by atoms with Crippen LogP contribution in [0.5, 0.6) is 5.75 Å². The summed E-state index contributed by atoms with van der Waals surface area (Å²) < 4.78 is 0. The summed E-state index contributed by atoms with van der Waals surface area (Å²) in [7, 11) is 3.13. The Balaban J connectivity index is 1.63. The molecule has 4 N–H and O–H groups in total. The van der Waals surface area contributed by atoms with Crippen LogP contribution in [0, 0.1) is 23.7 Å². The fourth-order valence-corrected chi connectivity index (χ4v) is 6.51. The van der Waals surface area contributed by atoms with Crippen LogP contribution >= 0.6 is 0 Å². The van der Waals surface area contributed by atoms with Gasteiger partial charge in [0.25, 0.3) is 0 Å². The number of ketones is 4.